The number of rotatable bonds is 5. The van der Waals surface area contributed by atoms with E-state index >= 15 is 0 Å². The van der Waals surface area contributed by atoms with Crippen LogP contribution in [0.2, 0.25) is 0 Å². The monoisotopic (exact) mass is 332 g/mol. The first-order valence-electron chi connectivity index (χ1n) is 5.46. The van der Waals surface area contributed by atoms with Crippen molar-refractivity contribution < 1.29 is 30.2 Å². The van der Waals surface area contributed by atoms with Crippen LogP contribution in [0.4, 0.5) is 5.69 Å². The molecule has 0 aliphatic heterocycles. The molecule has 2 aromatic rings. The molecule has 0 amide bonds. The Morgan fingerprint density at radius 2 is 1.95 bits per heavy atom. The van der Waals surface area contributed by atoms with Crippen molar-refractivity contribution in [2.75, 3.05) is 11.0 Å². The second kappa shape index (κ2) is 6.83. The summed E-state index contributed by atoms with van der Waals surface area (Å²) in [6.45, 7) is 0.280. The van der Waals surface area contributed by atoms with Crippen molar-refractivity contribution in [3.05, 3.63) is 46.9 Å². The Labute approximate surface area is 127 Å². The molecular formula is C12H13ClN2O3S2. The molecule has 0 saturated heterocycles. The van der Waals surface area contributed by atoms with Gasteiger partial charge in [0, 0.05) is 11.3 Å². The number of aromatic nitrogens is 1. The number of sulfonamides is 1. The van der Waals surface area contributed by atoms with Gasteiger partial charge in [0.05, 0.1) is 11.6 Å². The maximum absolute atomic E-state index is 12.0. The summed E-state index contributed by atoms with van der Waals surface area (Å²) in [6, 6.07) is 6.38. The highest BCUT2D eigenvalue weighted by Crippen LogP contribution is 2.11. The van der Waals surface area contributed by atoms with Crippen LogP contribution in [0, 0.1) is 0 Å². The molecule has 0 aliphatic carbocycles. The van der Waals surface area contributed by atoms with Gasteiger partial charge in [0.15, 0.2) is 6.20 Å². The molecule has 0 fully saturated rings. The van der Waals surface area contributed by atoms with Gasteiger partial charge in [-0.1, -0.05) is 11.3 Å². The summed E-state index contributed by atoms with van der Waals surface area (Å²) < 4.78 is 26.3. The highest BCUT2D eigenvalue weighted by molar-refractivity contribution is 7.92. The first-order valence-corrected chi connectivity index (χ1v) is 8.30. The lowest BCUT2D eigenvalue weighted by atomic mass is 10.1. The van der Waals surface area contributed by atoms with Crippen molar-refractivity contribution in [2.24, 2.45) is 0 Å². The molecule has 1 aromatic heterocycles. The number of nitrogens with zero attached hydrogens (tertiary/aromatic N) is 1. The molecule has 20 heavy (non-hydrogen) atoms. The molecule has 0 bridgehead atoms. The van der Waals surface area contributed by atoms with E-state index < -0.39 is 10.0 Å². The van der Waals surface area contributed by atoms with E-state index in [1.165, 1.54) is 11.3 Å². The third kappa shape index (κ3) is 4.92. The van der Waals surface area contributed by atoms with E-state index in [1.54, 1.807) is 28.8 Å². The van der Waals surface area contributed by atoms with E-state index in [1.807, 2.05) is 17.1 Å². The van der Waals surface area contributed by atoms with Crippen molar-refractivity contribution >= 4 is 32.8 Å². The Kier molecular flexibility index (Phi) is 5.67. The Hall–Kier alpha value is -1.44. The third-order valence-electron chi connectivity index (χ3n) is 2.36. The number of halogens is 1. The van der Waals surface area contributed by atoms with Gasteiger partial charge in [-0.2, -0.15) is 4.57 Å². The highest BCUT2D eigenvalue weighted by Gasteiger charge is 2.12. The van der Waals surface area contributed by atoms with Gasteiger partial charge in [-0.05, 0) is 24.3 Å². The Balaban J connectivity index is 0.00000200. The summed E-state index contributed by atoms with van der Waals surface area (Å²) in [4.78, 5) is 12.0. The molecule has 0 unspecified atom stereocenters. The van der Waals surface area contributed by atoms with Gasteiger partial charge in [-0.25, -0.2) is 8.42 Å². The van der Waals surface area contributed by atoms with E-state index in [-0.39, 0.29) is 24.7 Å². The summed E-state index contributed by atoms with van der Waals surface area (Å²) in [5.74, 6) is -0.0192. The number of ketones is 1. The minimum Gasteiger partial charge on any atom is -1.00 e. The number of hydrogen-bond donors (Lipinski definition) is 1. The summed E-state index contributed by atoms with van der Waals surface area (Å²) in [6.07, 6.45) is 2.92. The topological polar surface area (TPSA) is 67.1 Å². The Bertz CT molecular complexity index is 667. The molecule has 1 heterocycles. The number of nitrogens with one attached hydrogen (secondary N) is 1. The van der Waals surface area contributed by atoms with Crippen molar-refractivity contribution in [3.8, 4) is 0 Å². The highest BCUT2D eigenvalue weighted by atomic mass is 35.5. The zero-order valence-corrected chi connectivity index (χ0v) is 13.0. The normalized spacial score (nSPS) is 10.7. The first kappa shape index (κ1) is 16.6. The number of Topliss-reactive ketones (excluding diaryl/α,β-unsaturated/α-hetero) is 1. The average molecular weight is 333 g/mol. The van der Waals surface area contributed by atoms with Crippen LogP contribution in [-0.2, 0) is 16.6 Å². The fraction of sp³-hybridized carbons (Fsp3) is 0.167. The van der Waals surface area contributed by atoms with Crippen LogP contribution in [0.3, 0.4) is 0 Å². The first-order chi connectivity index (χ1) is 8.94. The van der Waals surface area contributed by atoms with Gasteiger partial charge in [0.1, 0.15) is 0 Å². The molecule has 0 saturated carbocycles. The second-order valence-corrected chi connectivity index (χ2v) is 6.58. The number of benzene rings is 1. The van der Waals surface area contributed by atoms with Crippen LogP contribution in [-0.4, -0.2) is 20.5 Å². The van der Waals surface area contributed by atoms with Crippen molar-refractivity contribution in [1.29, 1.82) is 0 Å². The van der Waals surface area contributed by atoms with E-state index in [0.717, 1.165) is 6.26 Å². The predicted octanol–water partition coefficient (Wildman–Crippen LogP) is -1.71. The summed E-state index contributed by atoms with van der Waals surface area (Å²) in [5, 5.41) is 1.90. The molecule has 5 nitrogen and oxygen atoms in total. The molecule has 0 radical (unpaired) electrons. The van der Waals surface area contributed by atoms with Crippen LogP contribution in [0.5, 0.6) is 0 Å². The fourth-order valence-corrected chi connectivity index (χ4v) is 2.71. The summed E-state index contributed by atoms with van der Waals surface area (Å²) in [5.41, 5.74) is 2.86. The molecule has 108 valence electrons. The molecule has 0 aliphatic rings. The van der Waals surface area contributed by atoms with E-state index in [2.05, 4.69) is 4.72 Å². The smallest absolute Gasteiger partial charge is 0.229 e. The van der Waals surface area contributed by atoms with Gasteiger partial charge in [0.25, 0.3) is 0 Å². The molecule has 1 aromatic carbocycles. The van der Waals surface area contributed by atoms with Crippen LogP contribution in [0.15, 0.2) is 41.4 Å². The molecule has 0 atom stereocenters. The van der Waals surface area contributed by atoms with Crippen LogP contribution < -0.4 is 21.7 Å². The van der Waals surface area contributed by atoms with Crippen molar-refractivity contribution in [3.63, 3.8) is 0 Å². The van der Waals surface area contributed by atoms with Gasteiger partial charge >= 0.3 is 0 Å². The number of anilines is 1. The number of hydrogen-bond acceptors (Lipinski definition) is 4. The fourth-order valence-electron chi connectivity index (χ4n) is 1.55. The largest absolute Gasteiger partial charge is 1.00 e. The lowest BCUT2D eigenvalue weighted by Gasteiger charge is -2.04. The minimum absolute atomic E-state index is 0. The molecule has 0 spiro atoms. The third-order valence-corrected chi connectivity index (χ3v) is 3.64. The van der Waals surface area contributed by atoms with Crippen LogP contribution in [0.1, 0.15) is 10.4 Å². The zero-order chi connectivity index (χ0) is 13.9. The Morgan fingerprint density at radius 3 is 2.45 bits per heavy atom. The number of carbonyl (C=O) groups is 1. The van der Waals surface area contributed by atoms with Gasteiger partial charge in [-0.15, -0.1) is 0 Å². The SMILES string of the molecule is CS(=O)(=O)Nc1ccc(C(=O)C[n+]2ccsc2)cc1.[Cl-]. The maximum Gasteiger partial charge on any atom is 0.229 e. The molecular weight excluding hydrogens is 320 g/mol. The lowest BCUT2D eigenvalue weighted by molar-refractivity contribution is -0.678. The van der Waals surface area contributed by atoms with Crippen molar-refractivity contribution in [2.45, 2.75) is 6.54 Å². The van der Waals surface area contributed by atoms with Gasteiger partial charge in [-0.3, -0.25) is 9.52 Å². The van der Waals surface area contributed by atoms with E-state index in [9.17, 15) is 13.2 Å². The number of carbonyl (C=O) groups excluding carboxylic acids is 1. The maximum atomic E-state index is 12.0. The van der Waals surface area contributed by atoms with Gasteiger partial charge in [0.2, 0.25) is 27.9 Å². The standard InChI is InChI=1S/C12H12N2O3S2.ClH/c1-19(16,17)13-11-4-2-10(3-5-11)12(15)8-14-6-7-18-9-14;/h2-7,9H,8H2,1H3;1H. The molecule has 2 rings (SSSR count). The van der Waals surface area contributed by atoms with Gasteiger partial charge < -0.3 is 12.4 Å². The summed E-state index contributed by atoms with van der Waals surface area (Å²) in [7, 11) is -3.29. The quantitative estimate of drug-likeness (QED) is 0.524. The zero-order valence-electron chi connectivity index (χ0n) is 10.6. The van der Waals surface area contributed by atoms with E-state index in [0.29, 0.717) is 11.3 Å². The van der Waals surface area contributed by atoms with Crippen LogP contribution >= 0.6 is 11.3 Å². The van der Waals surface area contributed by atoms with Crippen molar-refractivity contribution in [1.82, 2.24) is 0 Å². The van der Waals surface area contributed by atoms with Crippen LogP contribution in [0.25, 0.3) is 0 Å². The second-order valence-electron chi connectivity index (χ2n) is 4.07. The van der Waals surface area contributed by atoms with E-state index in [4.69, 9.17) is 0 Å². The average Bonchev–Trinajstić information content (AvgIpc) is 2.80. The predicted molar refractivity (Wildman–Crippen MR) is 73.8 cm³/mol. The molecule has 1 N–H and O–H groups in total. The number of thiazole rings is 1. The molecule has 8 heteroatoms. The lowest BCUT2D eigenvalue weighted by Crippen LogP contribution is -3.00. The minimum atomic E-state index is -3.29. The Morgan fingerprint density at radius 1 is 1.30 bits per heavy atom. The summed E-state index contributed by atoms with van der Waals surface area (Å²) >= 11 is 1.52.